The predicted molar refractivity (Wildman–Crippen MR) is 120 cm³/mol. The average molecular weight is 387 g/mol. The van der Waals surface area contributed by atoms with Gasteiger partial charge in [-0.2, -0.15) is 0 Å². The highest BCUT2D eigenvalue weighted by atomic mass is 19.1. The van der Waals surface area contributed by atoms with Gasteiger partial charge >= 0.3 is 0 Å². The number of rotatable bonds is 9. The summed E-state index contributed by atoms with van der Waals surface area (Å²) in [5.74, 6) is 0.710. The minimum absolute atomic E-state index is 0.606. The first-order valence-corrected chi connectivity index (χ1v) is 10.1. The van der Waals surface area contributed by atoms with E-state index in [-0.39, 0.29) is 0 Å². The number of alkyl halides is 1. The normalized spacial score (nSPS) is 12.2. The van der Waals surface area contributed by atoms with Crippen molar-refractivity contribution in [1.29, 1.82) is 0 Å². The Labute approximate surface area is 172 Å². The molecule has 0 fully saturated rings. The predicted octanol–water partition coefficient (Wildman–Crippen LogP) is 7.08. The molecule has 0 radical (unpaired) electrons. The van der Waals surface area contributed by atoms with Crippen molar-refractivity contribution >= 4 is 6.08 Å². The molecule has 2 aromatic carbocycles. The molecule has 2 nitrogen and oxygen atoms in total. The van der Waals surface area contributed by atoms with Crippen molar-refractivity contribution in [2.45, 2.75) is 38.8 Å². The van der Waals surface area contributed by atoms with Crippen LogP contribution in [0.5, 0.6) is 0 Å². The van der Waals surface area contributed by atoms with Crippen LogP contribution in [-0.2, 0) is 6.42 Å². The van der Waals surface area contributed by atoms with Gasteiger partial charge in [-0.15, -0.1) is 6.58 Å². The van der Waals surface area contributed by atoms with Crippen LogP contribution in [0.4, 0.5) is 4.39 Å². The van der Waals surface area contributed by atoms with Crippen molar-refractivity contribution < 1.29 is 4.39 Å². The van der Waals surface area contributed by atoms with Crippen molar-refractivity contribution in [2.24, 2.45) is 0 Å². The van der Waals surface area contributed by atoms with Crippen molar-refractivity contribution in [1.82, 2.24) is 9.97 Å². The van der Waals surface area contributed by atoms with Crippen LogP contribution >= 0.6 is 0 Å². The fourth-order valence-electron chi connectivity index (χ4n) is 3.12. The number of unbranched alkanes of at least 4 members (excludes halogenated alkanes) is 1. The quantitative estimate of drug-likeness (QED) is 0.290. The smallest absolute Gasteiger partial charge is 0.159 e. The van der Waals surface area contributed by atoms with Gasteiger partial charge in [-0.1, -0.05) is 66.8 Å². The van der Waals surface area contributed by atoms with Crippen molar-refractivity contribution in [2.75, 3.05) is 0 Å². The van der Waals surface area contributed by atoms with E-state index in [4.69, 9.17) is 0 Å². The largest absolute Gasteiger partial charge is 0.248 e. The molecule has 0 saturated heterocycles. The molecule has 0 amide bonds. The number of hydrogen-bond donors (Lipinski definition) is 0. The maximum absolute atomic E-state index is 12.8. The second kappa shape index (κ2) is 10.5. The zero-order valence-electron chi connectivity index (χ0n) is 16.9. The third-order valence-corrected chi connectivity index (χ3v) is 4.77. The van der Waals surface area contributed by atoms with Crippen molar-refractivity contribution in [3.05, 3.63) is 90.8 Å². The first kappa shape index (κ1) is 20.7. The van der Waals surface area contributed by atoms with E-state index in [0.717, 1.165) is 30.4 Å². The summed E-state index contributed by atoms with van der Waals surface area (Å²) in [4.78, 5) is 8.96. The Hall–Kier alpha value is -3.07. The molecule has 29 heavy (non-hydrogen) atoms. The second-order valence-corrected chi connectivity index (χ2v) is 7.22. The molecule has 0 spiro atoms. The number of nitrogens with zero attached hydrogens (tertiary/aromatic N) is 2. The van der Waals surface area contributed by atoms with E-state index < -0.39 is 6.17 Å². The summed E-state index contributed by atoms with van der Waals surface area (Å²) in [6.07, 6.45) is 12.1. The maximum Gasteiger partial charge on any atom is 0.159 e. The Kier molecular flexibility index (Phi) is 7.46. The van der Waals surface area contributed by atoms with Gasteiger partial charge in [0.25, 0.3) is 0 Å². The molecule has 3 heteroatoms. The first-order chi connectivity index (χ1) is 14.2. The van der Waals surface area contributed by atoms with Crippen LogP contribution in [0, 0.1) is 0 Å². The van der Waals surface area contributed by atoms with Gasteiger partial charge in [0, 0.05) is 23.5 Å². The molecule has 0 saturated carbocycles. The summed E-state index contributed by atoms with van der Waals surface area (Å²) in [7, 11) is 0. The molecular formula is C26H27FN2. The highest BCUT2D eigenvalue weighted by Gasteiger charge is 2.03. The Morgan fingerprint density at radius 3 is 2.10 bits per heavy atom. The molecule has 3 rings (SSSR count). The number of aromatic nitrogens is 2. The van der Waals surface area contributed by atoms with Gasteiger partial charge < -0.3 is 0 Å². The molecule has 1 unspecified atom stereocenters. The Bertz CT molecular complexity index is 924. The van der Waals surface area contributed by atoms with Crippen LogP contribution in [0.3, 0.4) is 0 Å². The molecule has 0 bridgehead atoms. The number of allylic oxidation sites excluding steroid dienone is 2. The van der Waals surface area contributed by atoms with Crippen LogP contribution in [0.25, 0.3) is 28.6 Å². The van der Waals surface area contributed by atoms with Gasteiger partial charge in [0.1, 0.15) is 0 Å². The highest BCUT2D eigenvalue weighted by Crippen LogP contribution is 2.23. The summed E-state index contributed by atoms with van der Waals surface area (Å²) < 4.78 is 12.8. The van der Waals surface area contributed by atoms with Crippen LogP contribution in [0.15, 0.2) is 79.7 Å². The first-order valence-electron chi connectivity index (χ1n) is 10.1. The van der Waals surface area contributed by atoms with Crippen molar-refractivity contribution in [3.8, 4) is 22.5 Å². The number of benzene rings is 2. The average Bonchev–Trinajstić information content (AvgIpc) is 2.75. The third-order valence-electron chi connectivity index (χ3n) is 4.77. The van der Waals surface area contributed by atoms with Crippen LogP contribution in [-0.4, -0.2) is 16.1 Å². The van der Waals surface area contributed by atoms with Gasteiger partial charge in [0.2, 0.25) is 0 Å². The summed E-state index contributed by atoms with van der Waals surface area (Å²) in [5, 5.41) is 0. The fraction of sp³-hybridized carbons (Fsp3) is 0.231. The molecule has 0 aliphatic rings. The zero-order valence-corrected chi connectivity index (χ0v) is 16.9. The molecule has 148 valence electrons. The van der Waals surface area contributed by atoms with Crippen LogP contribution in [0.1, 0.15) is 37.3 Å². The maximum atomic E-state index is 12.8. The molecule has 1 aromatic heterocycles. The fourth-order valence-corrected chi connectivity index (χ4v) is 3.12. The van der Waals surface area contributed by atoms with Gasteiger partial charge in [-0.3, -0.25) is 0 Å². The molecule has 0 aliphatic carbocycles. The van der Waals surface area contributed by atoms with E-state index in [0.29, 0.717) is 12.2 Å². The lowest BCUT2D eigenvalue weighted by Crippen LogP contribution is -1.91. The molecule has 0 N–H and O–H groups in total. The minimum Gasteiger partial charge on any atom is -0.248 e. The SMILES string of the molecule is C=CCc1ccc(-c2ccc(-c3ncc(C=CCCCC(C)F)cn3)cc2)cc1. The van der Waals surface area contributed by atoms with Gasteiger partial charge in [-0.05, 0) is 49.3 Å². The van der Waals surface area contributed by atoms with E-state index in [1.165, 1.54) is 16.7 Å². The summed E-state index contributed by atoms with van der Waals surface area (Å²) in [5.41, 5.74) is 5.57. The van der Waals surface area contributed by atoms with E-state index in [1.54, 1.807) is 6.92 Å². The lowest BCUT2D eigenvalue weighted by molar-refractivity contribution is 0.335. The minimum atomic E-state index is -0.728. The zero-order chi connectivity index (χ0) is 20.5. The van der Waals surface area contributed by atoms with E-state index in [2.05, 4.69) is 71.2 Å². The van der Waals surface area contributed by atoms with Gasteiger partial charge in [0.15, 0.2) is 5.82 Å². The molecule has 1 atom stereocenters. The van der Waals surface area contributed by atoms with Crippen LogP contribution in [0.2, 0.25) is 0 Å². The summed E-state index contributed by atoms with van der Waals surface area (Å²) in [6.45, 7) is 5.38. The molecule has 0 aliphatic heterocycles. The molecular weight excluding hydrogens is 359 g/mol. The van der Waals surface area contributed by atoms with Gasteiger partial charge in [-0.25, -0.2) is 14.4 Å². The monoisotopic (exact) mass is 386 g/mol. The third kappa shape index (κ3) is 6.21. The van der Waals surface area contributed by atoms with Gasteiger partial charge in [0.05, 0.1) is 6.17 Å². The number of hydrogen-bond acceptors (Lipinski definition) is 2. The topological polar surface area (TPSA) is 25.8 Å². The number of halogens is 1. The second-order valence-electron chi connectivity index (χ2n) is 7.22. The summed E-state index contributed by atoms with van der Waals surface area (Å²) in [6, 6.07) is 16.9. The summed E-state index contributed by atoms with van der Waals surface area (Å²) >= 11 is 0. The molecule has 3 aromatic rings. The highest BCUT2D eigenvalue weighted by molar-refractivity contribution is 5.68. The standard InChI is InChI=1S/C26H27FN2/c1-3-7-21-10-12-23(13-11-21)24-14-16-25(17-15-24)26-28-18-22(19-29-26)9-6-4-5-8-20(2)27/h3,6,9-20H,1,4-5,7-8H2,2H3. The van der Waals surface area contributed by atoms with Crippen LogP contribution < -0.4 is 0 Å². The molecule has 1 heterocycles. The van der Waals surface area contributed by atoms with E-state index in [1.807, 2.05) is 24.5 Å². The lowest BCUT2D eigenvalue weighted by Gasteiger charge is -2.05. The lowest BCUT2D eigenvalue weighted by atomic mass is 10.0. The van der Waals surface area contributed by atoms with E-state index in [9.17, 15) is 4.39 Å². The van der Waals surface area contributed by atoms with Crippen molar-refractivity contribution in [3.63, 3.8) is 0 Å². The Morgan fingerprint density at radius 2 is 1.52 bits per heavy atom. The Balaban J connectivity index is 1.62. The Morgan fingerprint density at radius 1 is 0.931 bits per heavy atom. The van der Waals surface area contributed by atoms with E-state index >= 15 is 0 Å².